The van der Waals surface area contributed by atoms with Gasteiger partial charge in [0.25, 0.3) is 5.91 Å². The van der Waals surface area contributed by atoms with Crippen molar-refractivity contribution in [2.24, 2.45) is 5.92 Å². The Balaban J connectivity index is 1.95. The molecule has 2 unspecified atom stereocenters. The number of nitriles is 1. The number of carboxylic acid groups (broad SMARTS) is 1. The second-order valence-corrected chi connectivity index (χ2v) is 5.63. The van der Waals surface area contributed by atoms with Gasteiger partial charge in [-0.3, -0.25) is 4.79 Å². The lowest BCUT2D eigenvalue weighted by Crippen LogP contribution is -2.49. The molecule has 1 aliphatic rings. The minimum Gasteiger partial charge on any atom is -0.493 e. The molecule has 0 aromatic heterocycles. The van der Waals surface area contributed by atoms with Gasteiger partial charge in [0, 0.05) is 18.6 Å². The molecule has 1 amide bonds. The molecule has 0 saturated carbocycles. The van der Waals surface area contributed by atoms with Crippen molar-refractivity contribution in [3.63, 3.8) is 0 Å². The highest BCUT2D eigenvalue weighted by Gasteiger charge is 2.31. The second-order valence-electron chi connectivity index (χ2n) is 5.63. The SMILES string of the molecule is COc1cc(C#N)ccc1OCC(=O)NC(C(=O)O)C1CCCOC1. The van der Waals surface area contributed by atoms with E-state index in [4.69, 9.17) is 19.5 Å². The molecule has 2 rings (SSSR count). The molecule has 1 saturated heterocycles. The van der Waals surface area contributed by atoms with Crippen molar-refractivity contribution in [1.82, 2.24) is 5.32 Å². The van der Waals surface area contributed by atoms with E-state index in [1.54, 1.807) is 0 Å². The Bertz CT molecular complexity index is 664. The number of ether oxygens (including phenoxy) is 3. The van der Waals surface area contributed by atoms with Gasteiger partial charge in [-0.25, -0.2) is 4.79 Å². The summed E-state index contributed by atoms with van der Waals surface area (Å²) in [5.41, 5.74) is 0.400. The maximum Gasteiger partial charge on any atom is 0.326 e. The van der Waals surface area contributed by atoms with Crippen LogP contribution < -0.4 is 14.8 Å². The Hall–Kier alpha value is -2.79. The largest absolute Gasteiger partial charge is 0.493 e. The lowest BCUT2D eigenvalue weighted by Gasteiger charge is -2.28. The van der Waals surface area contributed by atoms with E-state index < -0.39 is 17.9 Å². The molecule has 2 atom stereocenters. The molecule has 1 aliphatic heterocycles. The molecule has 25 heavy (non-hydrogen) atoms. The first kappa shape index (κ1) is 18.5. The van der Waals surface area contributed by atoms with Crippen LogP contribution in [0.25, 0.3) is 0 Å². The number of nitrogens with one attached hydrogen (secondary N) is 1. The quantitative estimate of drug-likeness (QED) is 0.753. The number of amides is 1. The molecular weight excluding hydrogens is 328 g/mol. The second kappa shape index (κ2) is 8.89. The van der Waals surface area contributed by atoms with Crippen LogP contribution >= 0.6 is 0 Å². The Morgan fingerprint density at radius 3 is 2.88 bits per heavy atom. The number of benzene rings is 1. The van der Waals surface area contributed by atoms with Gasteiger partial charge in [0.1, 0.15) is 6.04 Å². The van der Waals surface area contributed by atoms with Crippen molar-refractivity contribution < 1.29 is 28.9 Å². The Morgan fingerprint density at radius 2 is 2.28 bits per heavy atom. The zero-order valence-corrected chi connectivity index (χ0v) is 13.9. The Morgan fingerprint density at radius 1 is 1.48 bits per heavy atom. The smallest absolute Gasteiger partial charge is 0.326 e. The number of hydrogen-bond acceptors (Lipinski definition) is 6. The van der Waals surface area contributed by atoms with Gasteiger partial charge in [0.05, 0.1) is 25.3 Å². The molecule has 0 bridgehead atoms. The third-order valence-corrected chi connectivity index (χ3v) is 3.90. The van der Waals surface area contributed by atoms with Crippen molar-refractivity contribution in [3.05, 3.63) is 23.8 Å². The molecular formula is C17H20N2O6. The van der Waals surface area contributed by atoms with Crippen molar-refractivity contribution in [2.45, 2.75) is 18.9 Å². The van der Waals surface area contributed by atoms with Gasteiger partial charge >= 0.3 is 5.97 Å². The van der Waals surface area contributed by atoms with E-state index >= 15 is 0 Å². The maximum absolute atomic E-state index is 12.1. The molecule has 134 valence electrons. The van der Waals surface area contributed by atoms with E-state index in [1.807, 2.05) is 6.07 Å². The van der Waals surface area contributed by atoms with Gasteiger partial charge < -0.3 is 24.6 Å². The molecule has 1 aromatic carbocycles. The number of carbonyl (C=O) groups is 2. The van der Waals surface area contributed by atoms with E-state index in [2.05, 4.69) is 5.32 Å². The first-order valence-electron chi connectivity index (χ1n) is 7.86. The standard InChI is InChI=1S/C17H20N2O6/c1-23-14-7-11(8-18)4-5-13(14)25-10-15(20)19-16(17(21)22)12-3-2-6-24-9-12/h4-5,7,12,16H,2-3,6,9-10H2,1H3,(H,19,20)(H,21,22). The zero-order valence-electron chi connectivity index (χ0n) is 13.9. The number of carbonyl (C=O) groups excluding carboxylic acids is 1. The molecule has 8 heteroatoms. The van der Waals surface area contributed by atoms with E-state index in [0.29, 0.717) is 36.7 Å². The third kappa shape index (κ3) is 5.09. The maximum atomic E-state index is 12.1. The van der Waals surface area contributed by atoms with Crippen LogP contribution in [0, 0.1) is 17.2 Å². The number of methoxy groups -OCH3 is 1. The number of hydrogen-bond donors (Lipinski definition) is 2. The van der Waals surface area contributed by atoms with Gasteiger partial charge in [-0.05, 0) is 25.0 Å². The summed E-state index contributed by atoms with van der Waals surface area (Å²) >= 11 is 0. The summed E-state index contributed by atoms with van der Waals surface area (Å²) in [6.45, 7) is 0.555. The first-order valence-corrected chi connectivity index (χ1v) is 7.86. The lowest BCUT2D eigenvalue weighted by molar-refractivity contribution is -0.145. The molecule has 8 nitrogen and oxygen atoms in total. The van der Waals surface area contributed by atoms with Crippen LogP contribution in [0.4, 0.5) is 0 Å². The van der Waals surface area contributed by atoms with E-state index in [9.17, 15) is 14.7 Å². The van der Waals surface area contributed by atoms with E-state index in [-0.39, 0.29) is 12.5 Å². The highest BCUT2D eigenvalue weighted by molar-refractivity contribution is 5.84. The summed E-state index contributed by atoms with van der Waals surface area (Å²) < 4.78 is 15.8. The number of carboxylic acids is 1. The monoisotopic (exact) mass is 348 g/mol. The van der Waals surface area contributed by atoms with E-state index in [0.717, 1.165) is 6.42 Å². The van der Waals surface area contributed by atoms with Crippen molar-refractivity contribution in [3.8, 4) is 17.6 Å². The summed E-state index contributed by atoms with van der Waals surface area (Å²) in [5, 5.41) is 20.7. The van der Waals surface area contributed by atoms with Crippen LogP contribution in [0.15, 0.2) is 18.2 Å². The highest BCUT2D eigenvalue weighted by atomic mass is 16.5. The zero-order chi connectivity index (χ0) is 18.2. The summed E-state index contributed by atoms with van der Waals surface area (Å²) in [4.78, 5) is 23.5. The number of rotatable bonds is 7. The van der Waals surface area contributed by atoms with Crippen LogP contribution in [0.5, 0.6) is 11.5 Å². The minimum absolute atomic E-state index is 0.264. The number of nitrogens with zero attached hydrogens (tertiary/aromatic N) is 1. The molecule has 0 radical (unpaired) electrons. The lowest BCUT2D eigenvalue weighted by atomic mass is 9.93. The van der Waals surface area contributed by atoms with Gasteiger partial charge in [0.2, 0.25) is 0 Å². The van der Waals surface area contributed by atoms with Gasteiger partial charge in [-0.15, -0.1) is 0 Å². The topological polar surface area (TPSA) is 118 Å². The summed E-state index contributed by atoms with van der Waals surface area (Å²) in [5.74, 6) is -1.30. The molecule has 1 aromatic rings. The van der Waals surface area contributed by atoms with E-state index in [1.165, 1.54) is 25.3 Å². The third-order valence-electron chi connectivity index (χ3n) is 3.90. The number of aliphatic carboxylic acids is 1. The molecule has 0 spiro atoms. The average molecular weight is 348 g/mol. The fourth-order valence-corrected chi connectivity index (χ4v) is 2.62. The van der Waals surface area contributed by atoms with Crippen molar-refractivity contribution in [2.75, 3.05) is 26.9 Å². The fraction of sp³-hybridized carbons (Fsp3) is 0.471. The summed E-state index contributed by atoms with van der Waals surface area (Å²) in [6.07, 6.45) is 1.45. The Labute approximate surface area is 145 Å². The van der Waals surface area contributed by atoms with Gasteiger partial charge in [-0.2, -0.15) is 5.26 Å². The van der Waals surface area contributed by atoms with Crippen LogP contribution in [0.1, 0.15) is 18.4 Å². The molecule has 2 N–H and O–H groups in total. The van der Waals surface area contributed by atoms with Crippen LogP contribution in [-0.4, -0.2) is 50.0 Å². The van der Waals surface area contributed by atoms with Crippen LogP contribution in [0.3, 0.4) is 0 Å². The van der Waals surface area contributed by atoms with Gasteiger partial charge in [-0.1, -0.05) is 0 Å². The molecule has 1 heterocycles. The fourth-order valence-electron chi connectivity index (χ4n) is 2.62. The first-order chi connectivity index (χ1) is 12.0. The predicted octanol–water partition coefficient (Wildman–Crippen LogP) is 0.942. The highest BCUT2D eigenvalue weighted by Crippen LogP contribution is 2.27. The summed E-state index contributed by atoms with van der Waals surface area (Å²) in [7, 11) is 1.42. The van der Waals surface area contributed by atoms with Gasteiger partial charge in [0.15, 0.2) is 18.1 Å². The molecule has 1 fully saturated rings. The predicted molar refractivity (Wildman–Crippen MR) is 86.3 cm³/mol. The Kier molecular flexibility index (Phi) is 6.60. The minimum atomic E-state index is -1.10. The van der Waals surface area contributed by atoms with Crippen molar-refractivity contribution >= 4 is 11.9 Å². The van der Waals surface area contributed by atoms with Crippen LogP contribution in [0.2, 0.25) is 0 Å². The average Bonchev–Trinajstić information content (AvgIpc) is 2.64. The normalized spacial score (nSPS) is 17.8. The van der Waals surface area contributed by atoms with Crippen molar-refractivity contribution in [1.29, 1.82) is 5.26 Å². The van der Waals surface area contributed by atoms with Crippen LogP contribution in [-0.2, 0) is 14.3 Å². The summed E-state index contributed by atoms with van der Waals surface area (Å²) in [6, 6.07) is 5.51. The molecule has 0 aliphatic carbocycles.